The Kier molecular flexibility index (Phi) is 5.35. The van der Waals surface area contributed by atoms with Crippen molar-refractivity contribution in [3.8, 4) is 0 Å². The maximum atomic E-state index is 13.4. The zero-order valence-corrected chi connectivity index (χ0v) is 13.6. The van der Waals surface area contributed by atoms with Crippen LogP contribution in [0.2, 0.25) is 0 Å². The highest BCUT2D eigenvalue weighted by atomic mass is 19.1. The Morgan fingerprint density at radius 1 is 1.33 bits per heavy atom. The van der Waals surface area contributed by atoms with Crippen LogP contribution < -0.4 is 10.6 Å². The highest BCUT2D eigenvalue weighted by molar-refractivity contribution is 5.83. The van der Waals surface area contributed by atoms with Gasteiger partial charge < -0.3 is 20.7 Å². The molecule has 1 aliphatic rings. The average molecular weight is 333 g/mol. The van der Waals surface area contributed by atoms with Crippen LogP contribution in [0.25, 0.3) is 10.9 Å². The highest BCUT2D eigenvalue weighted by Gasteiger charge is 2.25. The Balaban J connectivity index is 1.50. The Morgan fingerprint density at radius 3 is 3.00 bits per heavy atom. The second kappa shape index (κ2) is 7.66. The molecule has 4 N–H and O–H groups in total. The molecule has 0 bridgehead atoms. The average Bonchev–Trinajstić information content (AvgIpc) is 2.97. The SMILES string of the molecule is O=C(NCCc1c[nH]c2ccc(F)cc12)NC1CCCCC1CO. The molecule has 1 heterocycles. The number of aromatic amines is 1. The third-order valence-corrected chi connectivity index (χ3v) is 4.87. The maximum Gasteiger partial charge on any atom is 0.315 e. The van der Waals surface area contributed by atoms with Gasteiger partial charge in [-0.15, -0.1) is 0 Å². The summed E-state index contributed by atoms with van der Waals surface area (Å²) in [6, 6.07) is 4.50. The number of benzene rings is 1. The summed E-state index contributed by atoms with van der Waals surface area (Å²) < 4.78 is 13.4. The lowest BCUT2D eigenvalue weighted by atomic mass is 9.85. The number of amides is 2. The first-order valence-electron chi connectivity index (χ1n) is 8.58. The molecule has 130 valence electrons. The zero-order valence-electron chi connectivity index (χ0n) is 13.6. The van der Waals surface area contributed by atoms with Crippen molar-refractivity contribution in [3.05, 3.63) is 35.8 Å². The monoisotopic (exact) mass is 333 g/mol. The number of urea groups is 1. The van der Waals surface area contributed by atoms with Crippen molar-refractivity contribution >= 4 is 16.9 Å². The number of aliphatic hydroxyl groups excluding tert-OH is 1. The summed E-state index contributed by atoms with van der Waals surface area (Å²) in [6.45, 7) is 0.595. The van der Waals surface area contributed by atoms with Crippen molar-refractivity contribution in [2.24, 2.45) is 5.92 Å². The van der Waals surface area contributed by atoms with Gasteiger partial charge in [0.05, 0.1) is 0 Å². The summed E-state index contributed by atoms with van der Waals surface area (Å²) in [7, 11) is 0. The Labute approximate surface area is 140 Å². The third-order valence-electron chi connectivity index (χ3n) is 4.87. The molecule has 0 spiro atoms. The summed E-state index contributed by atoms with van der Waals surface area (Å²) in [5.41, 5.74) is 1.87. The third kappa shape index (κ3) is 3.87. The van der Waals surface area contributed by atoms with Crippen LogP contribution in [0.15, 0.2) is 24.4 Å². The minimum atomic E-state index is -0.263. The van der Waals surface area contributed by atoms with Crippen LogP contribution in [-0.4, -0.2) is 35.3 Å². The van der Waals surface area contributed by atoms with E-state index >= 15 is 0 Å². The maximum absolute atomic E-state index is 13.4. The number of rotatable bonds is 5. The van der Waals surface area contributed by atoms with Gasteiger partial charge in [0.1, 0.15) is 5.82 Å². The van der Waals surface area contributed by atoms with E-state index in [2.05, 4.69) is 15.6 Å². The predicted octanol–water partition coefficient (Wildman–Crippen LogP) is 2.70. The number of carbonyl (C=O) groups is 1. The van der Waals surface area contributed by atoms with E-state index < -0.39 is 0 Å². The van der Waals surface area contributed by atoms with Gasteiger partial charge in [0, 0.05) is 42.2 Å². The number of aliphatic hydroxyl groups is 1. The largest absolute Gasteiger partial charge is 0.396 e. The molecule has 1 aliphatic carbocycles. The second-order valence-electron chi connectivity index (χ2n) is 6.49. The number of H-pyrrole nitrogens is 1. The number of nitrogens with one attached hydrogen (secondary N) is 3. The van der Waals surface area contributed by atoms with E-state index in [1.54, 1.807) is 6.07 Å². The van der Waals surface area contributed by atoms with Gasteiger partial charge in [0.2, 0.25) is 0 Å². The summed E-state index contributed by atoms with van der Waals surface area (Å²) in [5.74, 6) is -0.109. The van der Waals surface area contributed by atoms with E-state index in [1.165, 1.54) is 12.1 Å². The van der Waals surface area contributed by atoms with Gasteiger partial charge >= 0.3 is 6.03 Å². The van der Waals surface area contributed by atoms with Gasteiger partial charge in [-0.3, -0.25) is 0 Å². The highest BCUT2D eigenvalue weighted by Crippen LogP contribution is 2.24. The lowest BCUT2D eigenvalue weighted by Gasteiger charge is -2.30. The predicted molar refractivity (Wildman–Crippen MR) is 91.3 cm³/mol. The molecule has 2 unspecified atom stereocenters. The number of hydrogen-bond acceptors (Lipinski definition) is 2. The van der Waals surface area contributed by atoms with Crippen LogP contribution in [-0.2, 0) is 6.42 Å². The van der Waals surface area contributed by atoms with Crippen LogP contribution in [0.1, 0.15) is 31.2 Å². The fraction of sp³-hybridized carbons (Fsp3) is 0.500. The fourth-order valence-corrected chi connectivity index (χ4v) is 3.50. The molecule has 0 radical (unpaired) electrons. The summed E-state index contributed by atoms with van der Waals surface area (Å²) in [6.07, 6.45) is 6.56. The molecule has 1 aromatic heterocycles. The number of aromatic nitrogens is 1. The standard InChI is InChI=1S/C18H24FN3O2/c19-14-5-6-17-15(9-14)12(10-21-17)7-8-20-18(24)22-16-4-2-1-3-13(16)11-23/h5-6,9-10,13,16,21,23H,1-4,7-8,11H2,(H2,20,22,24). The van der Waals surface area contributed by atoms with Crippen LogP contribution in [0.5, 0.6) is 0 Å². The molecule has 1 aromatic carbocycles. The first-order valence-corrected chi connectivity index (χ1v) is 8.58. The summed E-state index contributed by atoms with van der Waals surface area (Å²) in [4.78, 5) is 15.2. The number of halogens is 1. The number of fused-ring (bicyclic) bond motifs is 1. The van der Waals surface area contributed by atoms with Gasteiger partial charge in [-0.2, -0.15) is 0 Å². The molecule has 6 heteroatoms. The number of hydrogen-bond donors (Lipinski definition) is 4. The van der Waals surface area contributed by atoms with Crippen molar-refractivity contribution in [3.63, 3.8) is 0 Å². The summed E-state index contributed by atoms with van der Waals surface area (Å²) in [5, 5.41) is 16.1. The Bertz CT molecular complexity index is 701. The minimum Gasteiger partial charge on any atom is -0.396 e. The van der Waals surface area contributed by atoms with Crippen molar-refractivity contribution in [1.82, 2.24) is 15.6 Å². The second-order valence-corrected chi connectivity index (χ2v) is 6.49. The molecule has 5 nitrogen and oxygen atoms in total. The number of carbonyl (C=O) groups excluding carboxylic acids is 1. The summed E-state index contributed by atoms with van der Waals surface area (Å²) >= 11 is 0. The molecule has 1 fully saturated rings. The molecule has 0 aliphatic heterocycles. The lowest BCUT2D eigenvalue weighted by Crippen LogP contribution is -2.48. The van der Waals surface area contributed by atoms with Gasteiger partial charge in [-0.05, 0) is 43.0 Å². The molecule has 3 rings (SSSR count). The lowest BCUT2D eigenvalue weighted by molar-refractivity contribution is 0.154. The molecule has 2 atom stereocenters. The molecule has 2 amide bonds. The van der Waals surface area contributed by atoms with E-state index in [1.807, 2.05) is 6.20 Å². The molecular weight excluding hydrogens is 309 g/mol. The first-order chi connectivity index (χ1) is 11.7. The normalized spacial score (nSPS) is 20.9. The van der Waals surface area contributed by atoms with E-state index in [0.717, 1.165) is 42.1 Å². The zero-order chi connectivity index (χ0) is 16.9. The molecular formula is C18H24FN3O2. The van der Waals surface area contributed by atoms with Crippen molar-refractivity contribution in [2.45, 2.75) is 38.1 Å². The van der Waals surface area contributed by atoms with Crippen molar-refractivity contribution < 1.29 is 14.3 Å². The van der Waals surface area contributed by atoms with Gasteiger partial charge in [0.15, 0.2) is 0 Å². The van der Waals surface area contributed by atoms with Crippen LogP contribution in [0.3, 0.4) is 0 Å². The van der Waals surface area contributed by atoms with Crippen molar-refractivity contribution in [2.75, 3.05) is 13.2 Å². The van der Waals surface area contributed by atoms with Crippen molar-refractivity contribution in [1.29, 1.82) is 0 Å². The fourth-order valence-electron chi connectivity index (χ4n) is 3.50. The van der Waals surface area contributed by atoms with Crippen LogP contribution in [0.4, 0.5) is 9.18 Å². The van der Waals surface area contributed by atoms with Gasteiger partial charge in [-0.25, -0.2) is 9.18 Å². The van der Waals surface area contributed by atoms with Crippen LogP contribution >= 0.6 is 0 Å². The van der Waals surface area contributed by atoms with E-state index in [9.17, 15) is 14.3 Å². The van der Waals surface area contributed by atoms with E-state index in [0.29, 0.717) is 13.0 Å². The van der Waals surface area contributed by atoms with Gasteiger partial charge in [0.25, 0.3) is 0 Å². The van der Waals surface area contributed by atoms with Gasteiger partial charge in [-0.1, -0.05) is 12.8 Å². The molecule has 0 saturated heterocycles. The quantitative estimate of drug-likeness (QED) is 0.679. The van der Waals surface area contributed by atoms with E-state index in [-0.39, 0.29) is 30.4 Å². The molecule has 1 saturated carbocycles. The smallest absolute Gasteiger partial charge is 0.315 e. The minimum absolute atomic E-state index is 0.0472. The molecule has 24 heavy (non-hydrogen) atoms. The Hall–Kier alpha value is -2.08. The Morgan fingerprint density at radius 2 is 2.17 bits per heavy atom. The molecule has 2 aromatic rings. The topological polar surface area (TPSA) is 77.2 Å². The van der Waals surface area contributed by atoms with E-state index in [4.69, 9.17) is 0 Å². The van der Waals surface area contributed by atoms with Crippen LogP contribution in [0, 0.1) is 11.7 Å². The first kappa shape index (κ1) is 16.8.